The summed E-state index contributed by atoms with van der Waals surface area (Å²) in [7, 11) is 0. The van der Waals surface area contributed by atoms with E-state index in [9.17, 15) is 4.79 Å². The van der Waals surface area contributed by atoms with Crippen molar-refractivity contribution in [3.63, 3.8) is 0 Å². The third kappa shape index (κ3) is 3.76. The first-order chi connectivity index (χ1) is 11.1. The van der Waals surface area contributed by atoms with Crippen molar-refractivity contribution in [2.75, 3.05) is 6.54 Å². The van der Waals surface area contributed by atoms with Gasteiger partial charge in [0.25, 0.3) is 0 Å². The maximum atomic E-state index is 12.1. The number of fused-ring (bicyclic) bond motifs is 1. The van der Waals surface area contributed by atoms with Crippen molar-refractivity contribution in [3.8, 4) is 0 Å². The molecule has 1 N–H and O–H groups in total. The van der Waals surface area contributed by atoms with E-state index in [0.29, 0.717) is 13.0 Å². The molecule has 3 rings (SSSR count). The number of imidazole rings is 1. The Balaban J connectivity index is 1.48. The minimum absolute atomic E-state index is 0.0618. The van der Waals surface area contributed by atoms with E-state index in [1.165, 1.54) is 4.70 Å². The summed E-state index contributed by atoms with van der Waals surface area (Å²) >= 11 is 1.69. The van der Waals surface area contributed by atoms with Gasteiger partial charge in [-0.05, 0) is 26.0 Å². The number of para-hydroxylation sites is 1. The van der Waals surface area contributed by atoms with E-state index in [2.05, 4.69) is 21.4 Å². The molecule has 23 heavy (non-hydrogen) atoms. The first-order valence-electron chi connectivity index (χ1n) is 7.74. The van der Waals surface area contributed by atoms with Crippen LogP contribution in [0.3, 0.4) is 0 Å². The number of aryl methyl sites for hydroxylation is 1. The molecule has 6 heteroatoms. The normalized spacial score (nSPS) is 12.4. The number of rotatable bonds is 6. The van der Waals surface area contributed by atoms with Crippen LogP contribution in [-0.2, 0) is 11.2 Å². The van der Waals surface area contributed by atoms with Crippen LogP contribution in [0.15, 0.2) is 36.7 Å². The molecule has 120 valence electrons. The van der Waals surface area contributed by atoms with Gasteiger partial charge in [-0.2, -0.15) is 0 Å². The van der Waals surface area contributed by atoms with Crippen LogP contribution in [0.25, 0.3) is 10.2 Å². The summed E-state index contributed by atoms with van der Waals surface area (Å²) in [5.74, 6) is 0.992. The monoisotopic (exact) mass is 328 g/mol. The highest BCUT2D eigenvalue weighted by molar-refractivity contribution is 7.18. The largest absolute Gasteiger partial charge is 0.356 e. The van der Waals surface area contributed by atoms with Gasteiger partial charge in [-0.25, -0.2) is 9.97 Å². The standard InChI is InChI=1S/C17H20N4OS/c1-12(21-10-9-18-13(21)2)11-16(22)19-8-7-17-20-14-5-3-4-6-15(14)23-17/h3-6,9-10,12H,7-8,11H2,1-2H3,(H,19,22)/t12-/m1/s1. The Hall–Kier alpha value is -2.21. The third-order valence-corrected chi connectivity index (χ3v) is 4.91. The van der Waals surface area contributed by atoms with E-state index >= 15 is 0 Å². The smallest absolute Gasteiger partial charge is 0.222 e. The van der Waals surface area contributed by atoms with Gasteiger partial charge < -0.3 is 9.88 Å². The molecular formula is C17H20N4OS. The van der Waals surface area contributed by atoms with Crippen LogP contribution in [0.2, 0.25) is 0 Å². The molecule has 0 spiro atoms. The number of thiazole rings is 1. The molecule has 1 amide bonds. The quantitative estimate of drug-likeness (QED) is 0.756. The van der Waals surface area contributed by atoms with Gasteiger partial charge in [-0.3, -0.25) is 4.79 Å². The first kappa shape index (κ1) is 15.7. The van der Waals surface area contributed by atoms with Crippen LogP contribution in [0.1, 0.15) is 30.2 Å². The van der Waals surface area contributed by atoms with Gasteiger partial charge in [0.2, 0.25) is 5.91 Å². The Kier molecular flexibility index (Phi) is 4.71. The molecule has 2 aromatic heterocycles. The third-order valence-electron chi connectivity index (χ3n) is 3.82. The molecule has 0 bridgehead atoms. The van der Waals surface area contributed by atoms with Crippen molar-refractivity contribution in [2.45, 2.75) is 32.7 Å². The lowest BCUT2D eigenvalue weighted by molar-refractivity contribution is -0.121. The lowest BCUT2D eigenvalue weighted by Gasteiger charge is -2.14. The van der Waals surface area contributed by atoms with Crippen LogP contribution in [0.5, 0.6) is 0 Å². The molecule has 1 atom stereocenters. The van der Waals surface area contributed by atoms with Gasteiger partial charge in [0.05, 0.1) is 15.2 Å². The van der Waals surface area contributed by atoms with Crippen molar-refractivity contribution < 1.29 is 4.79 Å². The van der Waals surface area contributed by atoms with E-state index in [4.69, 9.17) is 0 Å². The molecule has 2 heterocycles. The number of benzene rings is 1. The van der Waals surface area contributed by atoms with Crippen molar-refractivity contribution in [1.29, 1.82) is 0 Å². The second-order valence-corrected chi connectivity index (χ2v) is 6.73. The maximum absolute atomic E-state index is 12.1. The zero-order valence-corrected chi connectivity index (χ0v) is 14.1. The van der Waals surface area contributed by atoms with Crippen LogP contribution in [0.4, 0.5) is 0 Å². The Labute approximate surface area is 139 Å². The molecule has 0 radical (unpaired) electrons. The second-order valence-electron chi connectivity index (χ2n) is 5.61. The predicted molar refractivity (Wildman–Crippen MR) is 92.6 cm³/mol. The van der Waals surface area contributed by atoms with Crippen LogP contribution < -0.4 is 5.32 Å². The SMILES string of the molecule is Cc1nccn1[C@H](C)CC(=O)NCCc1nc2ccccc2s1. The molecule has 0 unspecified atom stereocenters. The molecule has 3 aromatic rings. The van der Waals surface area contributed by atoms with Gasteiger partial charge in [0, 0.05) is 37.8 Å². The number of carbonyl (C=O) groups is 1. The van der Waals surface area contributed by atoms with E-state index in [0.717, 1.165) is 22.8 Å². The number of nitrogens with one attached hydrogen (secondary N) is 1. The van der Waals surface area contributed by atoms with Crippen molar-refractivity contribution in [2.24, 2.45) is 0 Å². The minimum atomic E-state index is 0.0618. The number of aromatic nitrogens is 3. The summed E-state index contributed by atoms with van der Waals surface area (Å²) in [5, 5.41) is 4.04. The fraction of sp³-hybridized carbons (Fsp3) is 0.353. The van der Waals surface area contributed by atoms with Crippen molar-refractivity contribution in [3.05, 3.63) is 47.5 Å². The van der Waals surface area contributed by atoms with Crippen molar-refractivity contribution in [1.82, 2.24) is 19.9 Å². The van der Waals surface area contributed by atoms with Crippen LogP contribution >= 0.6 is 11.3 Å². The van der Waals surface area contributed by atoms with Gasteiger partial charge >= 0.3 is 0 Å². The average Bonchev–Trinajstić information content (AvgIpc) is 3.12. The Bertz CT molecular complexity index is 775. The number of amides is 1. The van der Waals surface area contributed by atoms with E-state index in [1.54, 1.807) is 17.5 Å². The molecular weight excluding hydrogens is 308 g/mol. The van der Waals surface area contributed by atoms with E-state index in [-0.39, 0.29) is 11.9 Å². The zero-order valence-electron chi connectivity index (χ0n) is 13.3. The lowest BCUT2D eigenvalue weighted by Crippen LogP contribution is -2.27. The van der Waals surface area contributed by atoms with Crippen LogP contribution in [-0.4, -0.2) is 27.0 Å². The molecule has 5 nitrogen and oxygen atoms in total. The highest BCUT2D eigenvalue weighted by Crippen LogP contribution is 2.21. The Morgan fingerprint density at radius 3 is 2.96 bits per heavy atom. The van der Waals surface area contributed by atoms with Gasteiger partial charge in [-0.1, -0.05) is 12.1 Å². The second kappa shape index (κ2) is 6.91. The van der Waals surface area contributed by atoms with E-state index in [1.807, 2.05) is 42.8 Å². The Morgan fingerprint density at radius 2 is 2.22 bits per heavy atom. The molecule has 0 saturated heterocycles. The maximum Gasteiger partial charge on any atom is 0.222 e. The minimum Gasteiger partial charge on any atom is -0.356 e. The number of carbonyl (C=O) groups excluding carboxylic acids is 1. The highest BCUT2D eigenvalue weighted by atomic mass is 32.1. The molecule has 0 saturated carbocycles. The van der Waals surface area contributed by atoms with Gasteiger partial charge in [0.1, 0.15) is 5.82 Å². The Morgan fingerprint density at radius 1 is 1.39 bits per heavy atom. The summed E-state index contributed by atoms with van der Waals surface area (Å²) in [4.78, 5) is 20.8. The fourth-order valence-corrected chi connectivity index (χ4v) is 3.59. The molecule has 0 aliphatic carbocycles. The van der Waals surface area contributed by atoms with E-state index < -0.39 is 0 Å². The first-order valence-corrected chi connectivity index (χ1v) is 8.55. The average molecular weight is 328 g/mol. The number of hydrogen-bond donors (Lipinski definition) is 1. The lowest BCUT2D eigenvalue weighted by atomic mass is 10.2. The molecule has 0 fully saturated rings. The summed E-state index contributed by atoms with van der Waals surface area (Å²) in [5.41, 5.74) is 1.03. The van der Waals surface area contributed by atoms with Gasteiger partial charge in [0.15, 0.2) is 0 Å². The molecule has 0 aliphatic heterocycles. The van der Waals surface area contributed by atoms with Gasteiger partial charge in [-0.15, -0.1) is 11.3 Å². The summed E-state index contributed by atoms with van der Waals surface area (Å²) in [6.45, 7) is 4.59. The van der Waals surface area contributed by atoms with Crippen LogP contribution in [0, 0.1) is 6.92 Å². The zero-order chi connectivity index (χ0) is 16.2. The fourth-order valence-electron chi connectivity index (χ4n) is 2.63. The van der Waals surface area contributed by atoms with Crippen molar-refractivity contribution >= 4 is 27.5 Å². The number of hydrogen-bond acceptors (Lipinski definition) is 4. The summed E-state index contributed by atoms with van der Waals surface area (Å²) in [6, 6.07) is 8.21. The predicted octanol–water partition coefficient (Wildman–Crippen LogP) is 3.11. The topological polar surface area (TPSA) is 59.8 Å². The molecule has 0 aliphatic rings. The summed E-state index contributed by atoms with van der Waals surface area (Å²) in [6.07, 6.45) is 4.89. The summed E-state index contributed by atoms with van der Waals surface area (Å²) < 4.78 is 3.21. The highest BCUT2D eigenvalue weighted by Gasteiger charge is 2.12. The number of nitrogens with zero attached hydrogens (tertiary/aromatic N) is 3. The molecule has 1 aromatic carbocycles.